The fourth-order valence-electron chi connectivity index (χ4n) is 12.1. The first-order valence-corrected chi connectivity index (χ1v) is 15.1. The smallest absolute Gasteiger partial charge is 0.302 e. The summed E-state index contributed by atoms with van der Waals surface area (Å²) >= 11 is 0. The minimum atomic E-state index is -0.0953. The summed E-state index contributed by atoms with van der Waals surface area (Å²) in [7, 11) is 0. The van der Waals surface area contributed by atoms with Gasteiger partial charge in [-0.3, -0.25) is 4.79 Å². The normalized spacial score (nSPS) is 53.4. The molecule has 0 bridgehead atoms. The van der Waals surface area contributed by atoms with Gasteiger partial charge in [-0.2, -0.15) is 0 Å². The Hall–Kier alpha value is -0.570. The summed E-state index contributed by atoms with van der Waals surface area (Å²) in [5.74, 6) is 3.19. The third-order valence-electron chi connectivity index (χ3n) is 14.2. The van der Waals surface area contributed by atoms with Crippen LogP contribution >= 0.6 is 0 Å². The third kappa shape index (κ3) is 3.09. The molecule has 6 aliphatic rings. The largest absolute Gasteiger partial charge is 0.462 e. The SMILES string of the molecule is CC(=O)O[C@H]1CC[C@]23C[C@]24CC[C@]2(C)[C@@H]([C@H](C)CC[C@H]5OC5(C)C)CC[C@@]2(C)[C@@H]4CC[C@H]3C1(C)C. The quantitative estimate of drug-likeness (QED) is 0.293. The van der Waals surface area contributed by atoms with Crippen LogP contribution in [0.4, 0.5) is 0 Å². The van der Waals surface area contributed by atoms with Gasteiger partial charge in [0.15, 0.2) is 0 Å². The van der Waals surface area contributed by atoms with E-state index in [2.05, 4.69) is 48.5 Å². The fourth-order valence-corrected chi connectivity index (χ4v) is 12.1. The van der Waals surface area contributed by atoms with Crippen molar-refractivity contribution in [2.75, 3.05) is 0 Å². The van der Waals surface area contributed by atoms with E-state index in [-0.39, 0.29) is 23.1 Å². The molecule has 3 nitrogen and oxygen atoms in total. The summed E-state index contributed by atoms with van der Waals surface area (Å²) in [6.45, 7) is 19.0. The predicted molar refractivity (Wildman–Crippen MR) is 140 cm³/mol. The van der Waals surface area contributed by atoms with Crippen LogP contribution < -0.4 is 0 Å². The van der Waals surface area contributed by atoms with Crippen LogP contribution in [0.2, 0.25) is 0 Å². The van der Waals surface area contributed by atoms with Crippen molar-refractivity contribution in [1.29, 1.82) is 0 Å². The van der Waals surface area contributed by atoms with Crippen molar-refractivity contribution >= 4 is 5.97 Å². The molecule has 5 saturated carbocycles. The first-order chi connectivity index (χ1) is 16.2. The molecular formula is C32H52O3. The third-order valence-corrected chi connectivity index (χ3v) is 14.2. The molecule has 2 spiro atoms. The van der Waals surface area contributed by atoms with Crippen molar-refractivity contribution in [2.45, 2.75) is 144 Å². The molecule has 1 aliphatic heterocycles. The maximum atomic E-state index is 11.9. The molecule has 198 valence electrons. The van der Waals surface area contributed by atoms with Crippen molar-refractivity contribution in [3.8, 4) is 0 Å². The van der Waals surface area contributed by atoms with E-state index in [0.717, 1.165) is 30.1 Å². The van der Waals surface area contributed by atoms with Crippen LogP contribution in [-0.2, 0) is 14.3 Å². The molecule has 6 rings (SSSR count). The van der Waals surface area contributed by atoms with E-state index in [1.54, 1.807) is 6.92 Å². The van der Waals surface area contributed by atoms with Crippen LogP contribution in [0.5, 0.6) is 0 Å². The molecule has 0 unspecified atom stereocenters. The van der Waals surface area contributed by atoms with Crippen molar-refractivity contribution in [2.24, 2.45) is 50.7 Å². The summed E-state index contributed by atoms with van der Waals surface area (Å²) in [6.07, 6.45) is 15.5. The van der Waals surface area contributed by atoms with E-state index in [4.69, 9.17) is 9.47 Å². The number of epoxide rings is 1. The molecule has 0 radical (unpaired) electrons. The van der Waals surface area contributed by atoms with Gasteiger partial charge in [-0.05, 0) is 130 Å². The maximum Gasteiger partial charge on any atom is 0.302 e. The zero-order chi connectivity index (χ0) is 25.2. The standard InChI is InChI=1S/C32H52O3/c1-20(9-12-26-28(5,6)35-26)22-13-15-30(8)24-11-10-23-27(3,4)25(34-21(2)33)14-16-31(23)19-32(24,31)18-17-29(22,30)7/h20,22-26H,9-19H2,1-8H3/t20-,22-,23+,24+,25+,26-,29-,30+,31-,32+/m1/s1. The van der Waals surface area contributed by atoms with Gasteiger partial charge in [-0.25, -0.2) is 0 Å². The number of fused-ring (bicyclic) bond motifs is 2. The highest BCUT2D eigenvalue weighted by molar-refractivity contribution is 5.66. The second-order valence-corrected chi connectivity index (χ2v) is 15.9. The van der Waals surface area contributed by atoms with Crippen LogP contribution in [0.25, 0.3) is 0 Å². The lowest BCUT2D eigenvalue weighted by molar-refractivity contribution is -0.181. The zero-order valence-electron chi connectivity index (χ0n) is 24.0. The van der Waals surface area contributed by atoms with Gasteiger partial charge in [-0.15, -0.1) is 0 Å². The lowest BCUT2D eigenvalue weighted by Gasteiger charge is -2.63. The van der Waals surface area contributed by atoms with Crippen LogP contribution in [0.1, 0.15) is 126 Å². The Morgan fingerprint density at radius 3 is 2.20 bits per heavy atom. The number of hydrogen-bond donors (Lipinski definition) is 0. The molecule has 35 heavy (non-hydrogen) atoms. The van der Waals surface area contributed by atoms with Crippen LogP contribution in [0, 0.1) is 50.7 Å². The molecule has 0 aromatic rings. The Bertz CT molecular complexity index is 906. The van der Waals surface area contributed by atoms with Crippen molar-refractivity contribution in [3.63, 3.8) is 0 Å². The van der Waals surface area contributed by atoms with Crippen LogP contribution in [-0.4, -0.2) is 23.8 Å². The van der Waals surface area contributed by atoms with E-state index >= 15 is 0 Å². The predicted octanol–water partition coefficient (Wildman–Crippen LogP) is 7.95. The maximum absolute atomic E-state index is 11.9. The lowest BCUT2D eigenvalue weighted by atomic mass is 9.41. The highest BCUT2D eigenvalue weighted by atomic mass is 16.6. The highest BCUT2D eigenvalue weighted by Gasteiger charge is 2.82. The zero-order valence-corrected chi connectivity index (χ0v) is 24.0. The van der Waals surface area contributed by atoms with Gasteiger partial charge in [0.05, 0.1) is 11.7 Å². The van der Waals surface area contributed by atoms with Gasteiger partial charge in [0, 0.05) is 12.3 Å². The Balaban J connectivity index is 1.22. The van der Waals surface area contributed by atoms with E-state index in [0.29, 0.717) is 27.8 Å². The van der Waals surface area contributed by atoms with Crippen molar-refractivity contribution < 1.29 is 14.3 Å². The molecule has 1 heterocycles. The van der Waals surface area contributed by atoms with Gasteiger partial charge < -0.3 is 9.47 Å². The molecule has 0 amide bonds. The summed E-state index contributed by atoms with van der Waals surface area (Å²) in [4.78, 5) is 11.9. The number of carbonyl (C=O) groups excluding carboxylic acids is 1. The first-order valence-electron chi connectivity index (χ1n) is 15.1. The average Bonchev–Trinajstić information content (AvgIpc) is 3.58. The molecule has 6 fully saturated rings. The monoisotopic (exact) mass is 484 g/mol. The van der Waals surface area contributed by atoms with E-state index in [1.165, 1.54) is 64.2 Å². The van der Waals surface area contributed by atoms with Crippen LogP contribution in [0.3, 0.4) is 0 Å². The summed E-state index contributed by atoms with van der Waals surface area (Å²) in [6, 6.07) is 0. The second-order valence-electron chi connectivity index (χ2n) is 15.9. The molecular weight excluding hydrogens is 432 g/mol. The molecule has 3 heteroatoms. The van der Waals surface area contributed by atoms with Crippen molar-refractivity contribution in [3.05, 3.63) is 0 Å². The Morgan fingerprint density at radius 1 is 0.886 bits per heavy atom. The van der Waals surface area contributed by atoms with E-state index < -0.39 is 0 Å². The Kier molecular flexibility index (Phi) is 5.16. The minimum Gasteiger partial charge on any atom is -0.462 e. The molecule has 0 N–H and O–H groups in total. The van der Waals surface area contributed by atoms with E-state index in [1.807, 2.05) is 0 Å². The fraction of sp³-hybridized carbons (Fsp3) is 0.969. The van der Waals surface area contributed by atoms with Gasteiger partial charge >= 0.3 is 5.97 Å². The van der Waals surface area contributed by atoms with E-state index in [9.17, 15) is 4.79 Å². The molecule has 10 atom stereocenters. The van der Waals surface area contributed by atoms with Gasteiger partial charge in [0.25, 0.3) is 0 Å². The summed E-state index contributed by atoms with van der Waals surface area (Å²) < 4.78 is 11.8. The Labute approximate surface area is 214 Å². The number of rotatable bonds is 5. The van der Waals surface area contributed by atoms with Crippen molar-refractivity contribution in [1.82, 2.24) is 0 Å². The van der Waals surface area contributed by atoms with Crippen LogP contribution in [0.15, 0.2) is 0 Å². The lowest BCUT2D eigenvalue weighted by Crippen LogP contribution is -2.58. The Morgan fingerprint density at radius 2 is 1.54 bits per heavy atom. The number of esters is 1. The van der Waals surface area contributed by atoms with Gasteiger partial charge in [0.1, 0.15) is 6.10 Å². The molecule has 1 saturated heterocycles. The number of ether oxygens (including phenoxy) is 2. The topological polar surface area (TPSA) is 38.8 Å². The molecule has 0 aromatic carbocycles. The average molecular weight is 485 g/mol. The minimum absolute atomic E-state index is 0.0953. The highest BCUT2D eigenvalue weighted by Crippen LogP contribution is 2.89. The second kappa shape index (κ2) is 7.29. The van der Waals surface area contributed by atoms with Gasteiger partial charge in [0.2, 0.25) is 0 Å². The molecule has 0 aromatic heterocycles. The first kappa shape index (κ1) is 24.7. The van der Waals surface area contributed by atoms with Gasteiger partial charge in [-0.1, -0.05) is 34.6 Å². The number of hydrogen-bond acceptors (Lipinski definition) is 3. The summed E-state index contributed by atoms with van der Waals surface area (Å²) in [5.41, 5.74) is 2.32. The molecule has 5 aliphatic carbocycles. The number of carbonyl (C=O) groups is 1. The summed E-state index contributed by atoms with van der Waals surface area (Å²) in [5, 5.41) is 0.